The predicted molar refractivity (Wildman–Crippen MR) is 59.0 cm³/mol. The SMILES string of the molecule is CC(C)(C)NCCCn1ccc(N)n1. The number of rotatable bonds is 4. The molecule has 4 heteroatoms. The molecule has 0 aliphatic carbocycles. The molecule has 1 aromatic rings. The van der Waals surface area contributed by atoms with E-state index < -0.39 is 0 Å². The fourth-order valence-corrected chi connectivity index (χ4v) is 1.21. The van der Waals surface area contributed by atoms with Crippen LogP contribution in [0.25, 0.3) is 0 Å². The van der Waals surface area contributed by atoms with Gasteiger partial charge in [-0.05, 0) is 39.8 Å². The Kier molecular flexibility index (Phi) is 3.52. The molecule has 0 spiro atoms. The van der Waals surface area contributed by atoms with Crippen LogP contribution in [0.4, 0.5) is 5.82 Å². The normalized spacial score (nSPS) is 11.9. The lowest BCUT2D eigenvalue weighted by atomic mass is 10.1. The van der Waals surface area contributed by atoms with Gasteiger partial charge in [0.25, 0.3) is 0 Å². The lowest BCUT2D eigenvalue weighted by molar-refractivity contribution is 0.409. The summed E-state index contributed by atoms with van der Waals surface area (Å²) in [5, 5.41) is 7.54. The van der Waals surface area contributed by atoms with Crippen molar-refractivity contribution in [3.8, 4) is 0 Å². The van der Waals surface area contributed by atoms with Crippen LogP contribution in [-0.2, 0) is 6.54 Å². The predicted octanol–water partition coefficient (Wildman–Crippen LogP) is 1.24. The quantitative estimate of drug-likeness (QED) is 0.712. The van der Waals surface area contributed by atoms with Crippen molar-refractivity contribution in [3.63, 3.8) is 0 Å². The van der Waals surface area contributed by atoms with E-state index in [0.717, 1.165) is 19.5 Å². The number of hydrogen-bond acceptors (Lipinski definition) is 3. The van der Waals surface area contributed by atoms with Crippen LogP contribution >= 0.6 is 0 Å². The van der Waals surface area contributed by atoms with Crippen molar-refractivity contribution >= 4 is 5.82 Å². The molecule has 1 rings (SSSR count). The molecule has 0 bridgehead atoms. The molecule has 80 valence electrons. The summed E-state index contributed by atoms with van der Waals surface area (Å²) in [6.07, 6.45) is 2.98. The Hall–Kier alpha value is -1.03. The molecule has 0 atom stereocenters. The van der Waals surface area contributed by atoms with E-state index in [4.69, 9.17) is 5.73 Å². The van der Waals surface area contributed by atoms with Crippen molar-refractivity contribution in [1.82, 2.24) is 15.1 Å². The maximum absolute atomic E-state index is 5.50. The van der Waals surface area contributed by atoms with Gasteiger partial charge in [-0.1, -0.05) is 0 Å². The average Bonchev–Trinajstić information content (AvgIpc) is 2.44. The minimum absolute atomic E-state index is 0.198. The van der Waals surface area contributed by atoms with Crippen molar-refractivity contribution < 1.29 is 0 Å². The topological polar surface area (TPSA) is 55.9 Å². The molecule has 0 fully saturated rings. The summed E-state index contributed by atoms with van der Waals surface area (Å²) in [6.45, 7) is 8.42. The van der Waals surface area contributed by atoms with Gasteiger partial charge in [0.15, 0.2) is 0 Å². The van der Waals surface area contributed by atoms with Crippen molar-refractivity contribution in [2.75, 3.05) is 12.3 Å². The Labute approximate surface area is 85.5 Å². The maximum atomic E-state index is 5.50. The number of aryl methyl sites for hydroxylation is 1. The zero-order valence-electron chi connectivity index (χ0n) is 9.25. The fraction of sp³-hybridized carbons (Fsp3) is 0.700. The highest BCUT2D eigenvalue weighted by Crippen LogP contribution is 2.00. The van der Waals surface area contributed by atoms with Crippen molar-refractivity contribution in [2.24, 2.45) is 0 Å². The van der Waals surface area contributed by atoms with Gasteiger partial charge in [-0.15, -0.1) is 0 Å². The first-order chi connectivity index (χ1) is 6.47. The maximum Gasteiger partial charge on any atom is 0.145 e. The number of anilines is 1. The summed E-state index contributed by atoms with van der Waals surface area (Å²) >= 11 is 0. The second-order valence-corrected chi connectivity index (χ2v) is 4.53. The monoisotopic (exact) mass is 196 g/mol. The van der Waals surface area contributed by atoms with Gasteiger partial charge in [-0.3, -0.25) is 4.68 Å². The highest BCUT2D eigenvalue weighted by atomic mass is 15.3. The van der Waals surface area contributed by atoms with Gasteiger partial charge >= 0.3 is 0 Å². The lowest BCUT2D eigenvalue weighted by Crippen LogP contribution is -2.36. The lowest BCUT2D eigenvalue weighted by Gasteiger charge is -2.20. The second kappa shape index (κ2) is 4.46. The first kappa shape index (κ1) is 11.0. The summed E-state index contributed by atoms with van der Waals surface area (Å²) in [7, 11) is 0. The standard InChI is InChI=1S/C10H20N4/c1-10(2,3)12-6-4-7-14-8-5-9(11)13-14/h5,8,12H,4,6-7H2,1-3H3,(H2,11,13). The third kappa shape index (κ3) is 4.28. The number of nitrogens with zero attached hydrogens (tertiary/aromatic N) is 2. The van der Waals surface area contributed by atoms with Crippen LogP contribution < -0.4 is 11.1 Å². The Morgan fingerprint density at radius 3 is 2.71 bits per heavy atom. The first-order valence-corrected chi connectivity index (χ1v) is 5.01. The van der Waals surface area contributed by atoms with Gasteiger partial charge in [0.2, 0.25) is 0 Å². The summed E-state index contributed by atoms with van der Waals surface area (Å²) < 4.78 is 1.87. The van der Waals surface area contributed by atoms with Gasteiger partial charge in [-0.25, -0.2) is 0 Å². The zero-order valence-corrected chi connectivity index (χ0v) is 9.25. The number of nitrogens with two attached hydrogens (primary N) is 1. The number of nitrogens with one attached hydrogen (secondary N) is 1. The van der Waals surface area contributed by atoms with Crippen LogP contribution in [0.3, 0.4) is 0 Å². The van der Waals surface area contributed by atoms with Crippen LogP contribution in [0.2, 0.25) is 0 Å². The molecule has 1 aromatic heterocycles. The van der Waals surface area contributed by atoms with E-state index in [2.05, 4.69) is 31.2 Å². The van der Waals surface area contributed by atoms with Gasteiger partial charge in [-0.2, -0.15) is 5.10 Å². The second-order valence-electron chi connectivity index (χ2n) is 4.53. The molecule has 0 aromatic carbocycles. The first-order valence-electron chi connectivity index (χ1n) is 5.01. The third-order valence-electron chi connectivity index (χ3n) is 1.88. The highest BCUT2D eigenvalue weighted by Gasteiger charge is 2.07. The van der Waals surface area contributed by atoms with Crippen LogP contribution in [-0.4, -0.2) is 21.9 Å². The molecule has 0 saturated heterocycles. The van der Waals surface area contributed by atoms with Gasteiger partial charge in [0.1, 0.15) is 5.82 Å². The molecule has 0 aliphatic heterocycles. The highest BCUT2D eigenvalue weighted by molar-refractivity contribution is 5.23. The van der Waals surface area contributed by atoms with Gasteiger partial charge < -0.3 is 11.1 Å². The van der Waals surface area contributed by atoms with Crippen molar-refractivity contribution in [2.45, 2.75) is 39.3 Å². The molecule has 0 amide bonds. The molecule has 0 radical (unpaired) electrons. The van der Waals surface area contributed by atoms with E-state index in [9.17, 15) is 0 Å². The third-order valence-corrected chi connectivity index (χ3v) is 1.88. The van der Waals surface area contributed by atoms with Crippen molar-refractivity contribution in [1.29, 1.82) is 0 Å². The molecule has 14 heavy (non-hydrogen) atoms. The Morgan fingerprint density at radius 1 is 1.50 bits per heavy atom. The largest absolute Gasteiger partial charge is 0.382 e. The zero-order chi connectivity index (χ0) is 10.6. The molecule has 4 nitrogen and oxygen atoms in total. The average molecular weight is 196 g/mol. The van der Waals surface area contributed by atoms with E-state index in [1.807, 2.05) is 16.9 Å². The minimum Gasteiger partial charge on any atom is -0.382 e. The number of nitrogen functional groups attached to an aromatic ring is 1. The van der Waals surface area contributed by atoms with Crippen LogP contribution in [0, 0.1) is 0 Å². The summed E-state index contributed by atoms with van der Waals surface area (Å²) in [6, 6.07) is 1.82. The van der Waals surface area contributed by atoms with Crippen molar-refractivity contribution in [3.05, 3.63) is 12.3 Å². The molecule has 1 heterocycles. The smallest absolute Gasteiger partial charge is 0.145 e. The fourth-order valence-electron chi connectivity index (χ4n) is 1.21. The van der Waals surface area contributed by atoms with Gasteiger partial charge in [0, 0.05) is 18.3 Å². The van der Waals surface area contributed by atoms with E-state index >= 15 is 0 Å². The number of aromatic nitrogens is 2. The van der Waals surface area contributed by atoms with E-state index in [1.165, 1.54) is 0 Å². The Bertz CT molecular complexity index is 272. The molecule has 0 aliphatic rings. The Balaban J connectivity index is 2.16. The summed E-state index contributed by atoms with van der Waals surface area (Å²) in [5.41, 5.74) is 5.70. The minimum atomic E-state index is 0.198. The molecular formula is C10H20N4. The molecule has 3 N–H and O–H groups in total. The van der Waals surface area contributed by atoms with E-state index in [1.54, 1.807) is 0 Å². The molecule has 0 saturated carbocycles. The van der Waals surface area contributed by atoms with Crippen LogP contribution in [0.15, 0.2) is 12.3 Å². The Morgan fingerprint density at radius 2 is 2.21 bits per heavy atom. The van der Waals surface area contributed by atoms with E-state index in [0.29, 0.717) is 5.82 Å². The summed E-state index contributed by atoms with van der Waals surface area (Å²) in [4.78, 5) is 0. The van der Waals surface area contributed by atoms with E-state index in [-0.39, 0.29) is 5.54 Å². The number of hydrogen-bond donors (Lipinski definition) is 2. The van der Waals surface area contributed by atoms with Gasteiger partial charge in [0.05, 0.1) is 0 Å². The molecule has 0 unspecified atom stereocenters. The van der Waals surface area contributed by atoms with Crippen LogP contribution in [0.5, 0.6) is 0 Å². The molecular weight excluding hydrogens is 176 g/mol. The summed E-state index contributed by atoms with van der Waals surface area (Å²) in [5.74, 6) is 0.591. The van der Waals surface area contributed by atoms with Crippen LogP contribution in [0.1, 0.15) is 27.2 Å².